The fourth-order valence-corrected chi connectivity index (χ4v) is 2.23. The average molecular weight is 276 g/mol. The van der Waals surface area contributed by atoms with Crippen molar-refractivity contribution < 1.29 is 9.53 Å². The first-order chi connectivity index (χ1) is 9.17. The third-order valence-electron chi connectivity index (χ3n) is 2.68. The number of rotatable bonds is 5. The maximum absolute atomic E-state index is 11.1. The van der Waals surface area contributed by atoms with E-state index in [1.807, 2.05) is 29.6 Å². The van der Waals surface area contributed by atoms with Gasteiger partial charge in [-0.1, -0.05) is 19.1 Å². The Hall–Kier alpha value is -1.88. The lowest BCUT2D eigenvalue weighted by molar-refractivity contribution is -0.134. The third-order valence-corrected chi connectivity index (χ3v) is 3.41. The van der Waals surface area contributed by atoms with Crippen LogP contribution >= 0.6 is 11.3 Å². The summed E-state index contributed by atoms with van der Waals surface area (Å²) >= 11 is 1.46. The molecule has 0 amide bonds. The molecule has 0 atom stereocenters. The van der Waals surface area contributed by atoms with Crippen LogP contribution < -0.4 is 10.5 Å². The number of nitrogen functional groups attached to an aromatic ring is 1. The highest BCUT2D eigenvalue weighted by Gasteiger charge is 2.03. The van der Waals surface area contributed by atoms with Gasteiger partial charge in [-0.15, -0.1) is 11.3 Å². The van der Waals surface area contributed by atoms with Gasteiger partial charge in [-0.3, -0.25) is 4.79 Å². The van der Waals surface area contributed by atoms with Gasteiger partial charge in [0.2, 0.25) is 0 Å². The first kappa shape index (κ1) is 13.5. The SMILES string of the molecule is CCC(=O)Oc1ccc(CCc2csc(N)n2)cc1. The Morgan fingerprint density at radius 3 is 2.63 bits per heavy atom. The zero-order chi connectivity index (χ0) is 13.7. The second-order valence-electron chi connectivity index (χ2n) is 4.15. The Balaban J connectivity index is 1.89. The van der Waals surface area contributed by atoms with E-state index >= 15 is 0 Å². The van der Waals surface area contributed by atoms with Crippen molar-refractivity contribution >= 4 is 22.4 Å². The monoisotopic (exact) mass is 276 g/mol. The van der Waals surface area contributed by atoms with Gasteiger partial charge in [0.15, 0.2) is 5.13 Å². The zero-order valence-corrected chi connectivity index (χ0v) is 11.6. The summed E-state index contributed by atoms with van der Waals surface area (Å²) < 4.78 is 5.12. The smallest absolute Gasteiger partial charge is 0.310 e. The van der Waals surface area contributed by atoms with Crippen molar-refractivity contribution in [1.29, 1.82) is 0 Å². The van der Waals surface area contributed by atoms with E-state index in [-0.39, 0.29) is 5.97 Å². The van der Waals surface area contributed by atoms with Gasteiger partial charge < -0.3 is 10.5 Å². The fraction of sp³-hybridized carbons (Fsp3) is 0.286. The normalized spacial score (nSPS) is 10.4. The number of hydrogen-bond acceptors (Lipinski definition) is 5. The predicted octanol–water partition coefficient (Wildman–Crippen LogP) is 2.83. The topological polar surface area (TPSA) is 65.2 Å². The third kappa shape index (κ3) is 4.06. The molecule has 100 valence electrons. The van der Waals surface area contributed by atoms with Crippen molar-refractivity contribution in [2.45, 2.75) is 26.2 Å². The van der Waals surface area contributed by atoms with E-state index in [9.17, 15) is 4.79 Å². The molecule has 2 rings (SSSR count). The highest BCUT2D eigenvalue weighted by Crippen LogP contribution is 2.16. The lowest BCUT2D eigenvalue weighted by Gasteiger charge is -2.04. The Labute approximate surface area is 116 Å². The summed E-state index contributed by atoms with van der Waals surface area (Å²) in [6.45, 7) is 1.77. The summed E-state index contributed by atoms with van der Waals surface area (Å²) in [6, 6.07) is 7.57. The molecule has 1 heterocycles. The van der Waals surface area contributed by atoms with Crippen LogP contribution in [0.5, 0.6) is 5.75 Å². The molecule has 1 aromatic carbocycles. The van der Waals surface area contributed by atoms with Crippen LogP contribution in [0.4, 0.5) is 5.13 Å². The maximum atomic E-state index is 11.1. The molecule has 2 N–H and O–H groups in total. The van der Waals surface area contributed by atoms with Gasteiger partial charge in [-0.25, -0.2) is 4.98 Å². The Kier molecular flexibility index (Phi) is 4.52. The molecule has 0 aliphatic carbocycles. The first-order valence-electron chi connectivity index (χ1n) is 6.17. The minimum Gasteiger partial charge on any atom is -0.427 e. The predicted molar refractivity (Wildman–Crippen MR) is 76.3 cm³/mol. The molecule has 0 fully saturated rings. The second kappa shape index (κ2) is 6.33. The largest absolute Gasteiger partial charge is 0.427 e. The number of carbonyl (C=O) groups is 1. The van der Waals surface area contributed by atoms with Gasteiger partial charge in [-0.2, -0.15) is 0 Å². The van der Waals surface area contributed by atoms with Gasteiger partial charge in [0.1, 0.15) is 5.75 Å². The van der Waals surface area contributed by atoms with Crippen molar-refractivity contribution in [1.82, 2.24) is 4.98 Å². The summed E-state index contributed by atoms with van der Waals surface area (Å²) in [5.41, 5.74) is 7.79. The molecule has 5 heteroatoms. The number of aromatic nitrogens is 1. The van der Waals surface area contributed by atoms with Crippen LogP contribution in [-0.2, 0) is 17.6 Å². The number of benzene rings is 1. The van der Waals surface area contributed by atoms with E-state index in [4.69, 9.17) is 10.5 Å². The standard InChI is InChI=1S/C14H16N2O2S/c1-2-13(17)18-12-7-4-10(5-8-12)3-6-11-9-19-14(15)16-11/h4-5,7-9H,2-3,6H2,1H3,(H2,15,16). The van der Waals surface area contributed by atoms with Gasteiger partial charge in [-0.05, 0) is 30.5 Å². The highest BCUT2D eigenvalue weighted by atomic mass is 32.1. The van der Waals surface area contributed by atoms with Crippen molar-refractivity contribution in [3.63, 3.8) is 0 Å². The van der Waals surface area contributed by atoms with Gasteiger partial charge in [0.25, 0.3) is 0 Å². The number of esters is 1. The lowest BCUT2D eigenvalue weighted by atomic mass is 10.1. The fourth-order valence-electron chi connectivity index (χ4n) is 1.64. The number of aryl methyl sites for hydroxylation is 2. The number of thiazole rings is 1. The van der Waals surface area contributed by atoms with E-state index in [2.05, 4.69) is 4.98 Å². The zero-order valence-electron chi connectivity index (χ0n) is 10.8. The molecule has 0 aliphatic rings. The average Bonchev–Trinajstić information content (AvgIpc) is 2.83. The molecule has 0 bridgehead atoms. The van der Waals surface area contributed by atoms with E-state index in [1.54, 1.807) is 6.92 Å². The van der Waals surface area contributed by atoms with Crippen LogP contribution in [0.1, 0.15) is 24.6 Å². The van der Waals surface area contributed by atoms with Gasteiger partial charge >= 0.3 is 5.97 Å². The van der Waals surface area contributed by atoms with Crippen molar-refractivity contribution in [3.05, 3.63) is 40.9 Å². The Morgan fingerprint density at radius 2 is 2.05 bits per heavy atom. The van der Waals surface area contributed by atoms with E-state index in [1.165, 1.54) is 16.9 Å². The highest BCUT2D eigenvalue weighted by molar-refractivity contribution is 7.13. The molecular formula is C14H16N2O2S. The van der Waals surface area contributed by atoms with E-state index in [0.717, 1.165) is 18.5 Å². The van der Waals surface area contributed by atoms with Crippen molar-refractivity contribution in [3.8, 4) is 5.75 Å². The first-order valence-corrected chi connectivity index (χ1v) is 7.05. The number of nitrogens with zero attached hydrogens (tertiary/aromatic N) is 1. The molecular weight excluding hydrogens is 260 g/mol. The summed E-state index contributed by atoms with van der Waals surface area (Å²) in [4.78, 5) is 15.4. The molecule has 0 saturated carbocycles. The molecule has 2 aromatic rings. The number of anilines is 1. The molecule has 0 radical (unpaired) electrons. The summed E-state index contributed by atoms with van der Waals surface area (Å²) in [5.74, 6) is 0.374. The van der Waals surface area contributed by atoms with Crippen LogP contribution in [0, 0.1) is 0 Å². The van der Waals surface area contributed by atoms with Crippen molar-refractivity contribution in [2.24, 2.45) is 0 Å². The molecule has 19 heavy (non-hydrogen) atoms. The number of carbonyl (C=O) groups excluding carboxylic acids is 1. The quantitative estimate of drug-likeness (QED) is 0.673. The molecule has 0 spiro atoms. The van der Waals surface area contributed by atoms with E-state index in [0.29, 0.717) is 17.3 Å². The summed E-state index contributed by atoms with van der Waals surface area (Å²) in [6.07, 6.45) is 2.14. The van der Waals surface area contributed by atoms with Crippen molar-refractivity contribution in [2.75, 3.05) is 5.73 Å². The Morgan fingerprint density at radius 1 is 1.32 bits per heavy atom. The molecule has 0 aliphatic heterocycles. The van der Waals surface area contributed by atoms with Crippen LogP contribution in [0.3, 0.4) is 0 Å². The number of ether oxygens (including phenoxy) is 1. The second-order valence-corrected chi connectivity index (χ2v) is 5.04. The number of nitrogens with two attached hydrogens (primary N) is 1. The summed E-state index contributed by atoms with van der Waals surface area (Å²) in [5, 5.41) is 2.59. The molecule has 4 nitrogen and oxygen atoms in total. The molecule has 1 aromatic heterocycles. The van der Waals surface area contributed by atoms with E-state index < -0.39 is 0 Å². The van der Waals surface area contributed by atoms with Gasteiger partial charge in [0, 0.05) is 11.8 Å². The van der Waals surface area contributed by atoms with Crippen LogP contribution in [-0.4, -0.2) is 11.0 Å². The Bertz CT molecular complexity index is 549. The minimum absolute atomic E-state index is 0.217. The summed E-state index contributed by atoms with van der Waals surface area (Å²) in [7, 11) is 0. The maximum Gasteiger partial charge on any atom is 0.310 e. The minimum atomic E-state index is -0.217. The molecule has 0 unspecified atom stereocenters. The molecule has 0 saturated heterocycles. The van der Waals surface area contributed by atoms with Crippen LogP contribution in [0.2, 0.25) is 0 Å². The van der Waals surface area contributed by atoms with Crippen LogP contribution in [0.25, 0.3) is 0 Å². The van der Waals surface area contributed by atoms with Gasteiger partial charge in [0.05, 0.1) is 5.69 Å². The van der Waals surface area contributed by atoms with Crippen LogP contribution in [0.15, 0.2) is 29.6 Å². The lowest BCUT2D eigenvalue weighted by Crippen LogP contribution is -2.05. The number of hydrogen-bond donors (Lipinski definition) is 1.